The molecule has 4 nitrogen and oxygen atoms in total. The third-order valence-electron chi connectivity index (χ3n) is 4.25. The largest absolute Gasteiger partial charge is 0.313 e. The Morgan fingerprint density at radius 1 is 0.565 bits per heavy atom. The highest BCUT2D eigenvalue weighted by Gasteiger charge is 2.12. The first-order valence-corrected chi connectivity index (χ1v) is 9.68. The van der Waals surface area contributed by atoms with Gasteiger partial charge < -0.3 is 10.6 Å². The first kappa shape index (κ1) is 22.8. The van der Waals surface area contributed by atoms with Gasteiger partial charge in [0.15, 0.2) is 0 Å². The van der Waals surface area contributed by atoms with Crippen LogP contribution in [0.5, 0.6) is 0 Å². The number of rotatable bonds is 14. The molecule has 0 aliphatic heterocycles. The maximum atomic E-state index is 3.53. The van der Waals surface area contributed by atoms with Crippen LogP contribution in [0.1, 0.15) is 61.8 Å². The lowest BCUT2D eigenvalue weighted by molar-refractivity contribution is 0.178. The Morgan fingerprint density at radius 3 is 1.17 bits per heavy atom. The van der Waals surface area contributed by atoms with Gasteiger partial charge >= 0.3 is 0 Å². The van der Waals surface area contributed by atoms with E-state index in [1.165, 1.54) is 19.5 Å². The minimum Gasteiger partial charge on any atom is -0.313 e. The second-order valence-corrected chi connectivity index (χ2v) is 7.83. The van der Waals surface area contributed by atoms with E-state index >= 15 is 0 Å². The van der Waals surface area contributed by atoms with Crippen LogP contribution in [0.15, 0.2) is 0 Å². The van der Waals surface area contributed by atoms with E-state index in [0.717, 1.165) is 26.2 Å². The average molecular weight is 329 g/mol. The smallest absolute Gasteiger partial charge is 0.0110 e. The summed E-state index contributed by atoms with van der Waals surface area (Å²) >= 11 is 0. The molecule has 0 rings (SSSR count). The topological polar surface area (TPSA) is 30.5 Å². The summed E-state index contributed by atoms with van der Waals surface area (Å²) in [5.41, 5.74) is 0. The van der Waals surface area contributed by atoms with Gasteiger partial charge in [-0.2, -0.15) is 0 Å². The highest BCUT2D eigenvalue weighted by atomic mass is 15.2. The van der Waals surface area contributed by atoms with Crippen molar-refractivity contribution in [3.05, 3.63) is 0 Å². The first-order chi connectivity index (χ1) is 10.7. The Bertz CT molecular complexity index is 238. The lowest BCUT2D eigenvalue weighted by Gasteiger charge is -2.30. The van der Waals surface area contributed by atoms with E-state index in [1.807, 2.05) is 0 Å². The van der Waals surface area contributed by atoms with E-state index in [-0.39, 0.29) is 0 Å². The molecule has 23 heavy (non-hydrogen) atoms. The van der Waals surface area contributed by atoms with Gasteiger partial charge in [0, 0.05) is 50.3 Å². The van der Waals surface area contributed by atoms with E-state index in [2.05, 4.69) is 75.8 Å². The molecule has 0 saturated heterocycles. The van der Waals surface area contributed by atoms with E-state index in [1.54, 1.807) is 0 Å². The Hall–Kier alpha value is -0.160. The van der Waals surface area contributed by atoms with E-state index < -0.39 is 0 Å². The summed E-state index contributed by atoms with van der Waals surface area (Å²) in [6.45, 7) is 24.9. The van der Waals surface area contributed by atoms with Gasteiger partial charge in [0.2, 0.25) is 0 Å². The van der Waals surface area contributed by atoms with Gasteiger partial charge in [-0.05, 0) is 47.2 Å². The fourth-order valence-corrected chi connectivity index (χ4v) is 2.73. The summed E-state index contributed by atoms with van der Waals surface area (Å²) < 4.78 is 0. The van der Waals surface area contributed by atoms with Crippen LogP contribution >= 0.6 is 0 Å². The summed E-state index contributed by atoms with van der Waals surface area (Å²) in [5.74, 6) is 0. The van der Waals surface area contributed by atoms with Gasteiger partial charge in [-0.15, -0.1) is 0 Å². The molecule has 0 fully saturated rings. The molecule has 4 heteroatoms. The van der Waals surface area contributed by atoms with Crippen molar-refractivity contribution in [3.8, 4) is 0 Å². The maximum absolute atomic E-state index is 3.53. The second-order valence-electron chi connectivity index (χ2n) is 7.83. The fourth-order valence-electron chi connectivity index (χ4n) is 2.73. The molecular weight excluding hydrogens is 284 g/mol. The molecule has 2 N–H and O–H groups in total. The molecular formula is C19H44N4. The lowest BCUT2D eigenvalue weighted by atomic mass is 10.2. The quantitative estimate of drug-likeness (QED) is 0.513. The highest BCUT2D eigenvalue weighted by Crippen LogP contribution is 2.03. The molecule has 0 aliphatic carbocycles. The van der Waals surface area contributed by atoms with Crippen LogP contribution in [-0.4, -0.2) is 73.2 Å². The van der Waals surface area contributed by atoms with Crippen molar-refractivity contribution in [1.82, 2.24) is 20.4 Å². The monoisotopic (exact) mass is 328 g/mol. The zero-order valence-electron chi connectivity index (χ0n) is 17.2. The van der Waals surface area contributed by atoms with Crippen LogP contribution in [0.25, 0.3) is 0 Å². The zero-order valence-corrected chi connectivity index (χ0v) is 17.2. The van der Waals surface area contributed by atoms with Crippen molar-refractivity contribution < 1.29 is 0 Å². The van der Waals surface area contributed by atoms with E-state index in [0.29, 0.717) is 24.2 Å². The number of nitrogens with zero attached hydrogens (tertiary/aromatic N) is 2. The van der Waals surface area contributed by atoms with Crippen molar-refractivity contribution in [2.75, 3.05) is 39.3 Å². The van der Waals surface area contributed by atoms with Crippen molar-refractivity contribution in [1.29, 1.82) is 0 Å². The Labute approximate surface area is 146 Å². The van der Waals surface area contributed by atoms with Gasteiger partial charge in [-0.1, -0.05) is 27.7 Å². The summed E-state index contributed by atoms with van der Waals surface area (Å²) in [4.78, 5) is 5.19. The van der Waals surface area contributed by atoms with Gasteiger partial charge in [0.1, 0.15) is 0 Å². The average Bonchev–Trinajstić information content (AvgIpc) is 2.42. The van der Waals surface area contributed by atoms with Crippen LogP contribution in [0.3, 0.4) is 0 Å². The first-order valence-electron chi connectivity index (χ1n) is 9.68. The Morgan fingerprint density at radius 2 is 0.913 bits per heavy atom. The van der Waals surface area contributed by atoms with Crippen LogP contribution < -0.4 is 10.6 Å². The molecule has 0 aromatic carbocycles. The second kappa shape index (κ2) is 13.2. The summed E-state index contributed by atoms with van der Waals surface area (Å²) in [6.07, 6.45) is 1.25. The minimum absolute atomic E-state index is 0.578. The van der Waals surface area contributed by atoms with Crippen LogP contribution in [0.4, 0.5) is 0 Å². The van der Waals surface area contributed by atoms with Gasteiger partial charge in [-0.25, -0.2) is 0 Å². The standard InChI is InChI=1S/C19H44N4/c1-16(2)20-10-14-22(18(5)6)12-9-13-23(19(7)8)15-11-21-17(3)4/h16-21H,9-15H2,1-8H3. The molecule has 0 amide bonds. The molecule has 0 unspecified atom stereocenters. The van der Waals surface area contributed by atoms with Gasteiger partial charge in [0.05, 0.1) is 0 Å². The molecule has 0 spiro atoms. The van der Waals surface area contributed by atoms with Crippen molar-refractivity contribution in [3.63, 3.8) is 0 Å². The molecule has 0 aromatic heterocycles. The summed E-state index contributed by atoms with van der Waals surface area (Å²) in [5, 5.41) is 7.05. The molecule has 0 heterocycles. The highest BCUT2D eigenvalue weighted by molar-refractivity contribution is 4.70. The fraction of sp³-hybridized carbons (Fsp3) is 1.00. The van der Waals surface area contributed by atoms with Crippen molar-refractivity contribution in [2.45, 2.75) is 86.0 Å². The van der Waals surface area contributed by atoms with Crippen molar-refractivity contribution >= 4 is 0 Å². The van der Waals surface area contributed by atoms with Crippen LogP contribution in [-0.2, 0) is 0 Å². The molecule has 0 aliphatic rings. The summed E-state index contributed by atoms with van der Waals surface area (Å²) in [6, 6.07) is 2.40. The number of hydrogen-bond acceptors (Lipinski definition) is 4. The third-order valence-corrected chi connectivity index (χ3v) is 4.25. The Balaban J connectivity index is 4.10. The van der Waals surface area contributed by atoms with Gasteiger partial charge in [0.25, 0.3) is 0 Å². The van der Waals surface area contributed by atoms with Crippen LogP contribution in [0, 0.1) is 0 Å². The third kappa shape index (κ3) is 12.9. The Kier molecular flexibility index (Phi) is 13.1. The normalized spacial score (nSPS) is 12.8. The number of hydrogen-bond donors (Lipinski definition) is 2. The lowest BCUT2D eigenvalue weighted by Crippen LogP contribution is -2.42. The predicted octanol–water partition coefficient (Wildman–Crippen LogP) is 2.79. The van der Waals surface area contributed by atoms with Gasteiger partial charge in [-0.3, -0.25) is 9.80 Å². The number of nitrogens with one attached hydrogen (secondary N) is 2. The van der Waals surface area contributed by atoms with Crippen LogP contribution in [0.2, 0.25) is 0 Å². The predicted molar refractivity (Wildman–Crippen MR) is 104 cm³/mol. The summed E-state index contributed by atoms with van der Waals surface area (Å²) in [7, 11) is 0. The van der Waals surface area contributed by atoms with E-state index in [9.17, 15) is 0 Å². The molecule has 0 radical (unpaired) electrons. The van der Waals surface area contributed by atoms with E-state index in [4.69, 9.17) is 0 Å². The SMILES string of the molecule is CC(C)NCCN(CCCN(CCNC(C)C)C(C)C)C(C)C. The molecule has 0 saturated carbocycles. The molecule has 0 atom stereocenters. The maximum Gasteiger partial charge on any atom is 0.0110 e. The molecule has 0 aromatic rings. The van der Waals surface area contributed by atoms with Crippen molar-refractivity contribution in [2.24, 2.45) is 0 Å². The zero-order chi connectivity index (χ0) is 17.8. The molecule has 0 bridgehead atoms. The molecule has 140 valence electrons. The minimum atomic E-state index is 0.578.